The van der Waals surface area contributed by atoms with Gasteiger partial charge in [0.05, 0.1) is 17.3 Å². The molecule has 38 heavy (non-hydrogen) atoms. The van der Waals surface area contributed by atoms with Crippen molar-refractivity contribution in [3.8, 4) is 23.0 Å². The highest BCUT2D eigenvalue weighted by Crippen LogP contribution is 2.37. The number of aromatic hydroxyl groups is 2. The van der Waals surface area contributed by atoms with Gasteiger partial charge in [-0.05, 0) is 65.0 Å². The SMILES string of the molecule is O=C(NCCOc1cc2cc(S(=O)[O-])sc2cc1OCCNC(=O)c1cccc(O)c1)c1cccc(O)c1. The molecule has 1 aromatic heterocycles. The molecule has 198 valence electrons. The molecule has 12 heteroatoms. The number of carbonyl (C=O) groups excluding carboxylic acids is 2. The van der Waals surface area contributed by atoms with E-state index in [2.05, 4.69) is 10.6 Å². The van der Waals surface area contributed by atoms with Crippen molar-refractivity contribution in [1.82, 2.24) is 10.6 Å². The Balaban J connectivity index is 1.38. The van der Waals surface area contributed by atoms with E-state index < -0.39 is 11.1 Å². The third kappa shape index (κ3) is 7.00. The van der Waals surface area contributed by atoms with Crippen molar-refractivity contribution >= 4 is 44.3 Å². The van der Waals surface area contributed by atoms with E-state index >= 15 is 0 Å². The number of phenols is 2. The molecule has 0 spiro atoms. The van der Waals surface area contributed by atoms with E-state index in [1.807, 2.05) is 0 Å². The molecule has 3 aromatic carbocycles. The van der Waals surface area contributed by atoms with Crippen LogP contribution in [0.4, 0.5) is 0 Å². The van der Waals surface area contributed by atoms with Gasteiger partial charge in [0, 0.05) is 21.9 Å². The molecule has 0 aliphatic heterocycles. The summed E-state index contributed by atoms with van der Waals surface area (Å²) in [4.78, 5) is 24.5. The fourth-order valence-electron chi connectivity index (χ4n) is 3.48. The van der Waals surface area contributed by atoms with Crippen LogP contribution >= 0.6 is 11.3 Å². The summed E-state index contributed by atoms with van der Waals surface area (Å²) in [6.45, 7) is 0.495. The molecule has 0 aliphatic rings. The van der Waals surface area contributed by atoms with Crippen LogP contribution in [-0.2, 0) is 11.1 Å². The first-order valence-electron chi connectivity index (χ1n) is 11.4. The summed E-state index contributed by atoms with van der Waals surface area (Å²) >= 11 is -1.30. The molecular formula is C26H23N2O8S2-. The van der Waals surface area contributed by atoms with Crippen LogP contribution in [0.5, 0.6) is 23.0 Å². The highest BCUT2D eigenvalue weighted by molar-refractivity contribution is 7.82. The van der Waals surface area contributed by atoms with Crippen molar-refractivity contribution in [2.24, 2.45) is 0 Å². The molecule has 2 amide bonds. The lowest BCUT2D eigenvalue weighted by Gasteiger charge is -2.14. The second-order valence-electron chi connectivity index (χ2n) is 7.95. The molecule has 4 rings (SSSR count). The smallest absolute Gasteiger partial charge is 0.251 e. The Kier molecular flexibility index (Phi) is 8.79. The predicted octanol–water partition coefficient (Wildman–Crippen LogP) is 3.17. The van der Waals surface area contributed by atoms with Crippen LogP contribution in [0, 0.1) is 0 Å². The fourth-order valence-corrected chi connectivity index (χ4v) is 5.05. The third-order valence-electron chi connectivity index (χ3n) is 5.23. The van der Waals surface area contributed by atoms with Crippen LogP contribution in [0.25, 0.3) is 10.1 Å². The average molecular weight is 556 g/mol. The van der Waals surface area contributed by atoms with Crippen molar-refractivity contribution < 1.29 is 38.0 Å². The maximum absolute atomic E-state index is 12.3. The van der Waals surface area contributed by atoms with Gasteiger partial charge in [0.1, 0.15) is 24.7 Å². The molecule has 0 bridgehead atoms. The maximum Gasteiger partial charge on any atom is 0.251 e. The van der Waals surface area contributed by atoms with Crippen LogP contribution in [0.3, 0.4) is 0 Å². The van der Waals surface area contributed by atoms with Crippen LogP contribution in [0.1, 0.15) is 20.7 Å². The number of nitrogens with one attached hydrogen (secondary N) is 2. The van der Waals surface area contributed by atoms with Crippen molar-refractivity contribution in [3.05, 3.63) is 77.9 Å². The second kappa shape index (κ2) is 12.4. The van der Waals surface area contributed by atoms with E-state index in [0.717, 1.165) is 11.3 Å². The summed E-state index contributed by atoms with van der Waals surface area (Å²) in [5.74, 6) is -0.107. The molecule has 1 unspecified atom stereocenters. The number of rotatable bonds is 11. The van der Waals surface area contributed by atoms with E-state index in [0.29, 0.717) is 32.7 Å². The van der Waals surface area contributed by atoms with Crippen LogP contribution in [-0.4, -0.2) is 57.1 Å². The average Bonchev–Trinajstić information content (AvgIpc) is 3.32. The Morgan fingerprint density at radius 3 is 1.84 bits per heavy atom. The Labute approximate surface area is 224 Å². The molecule has 4 aromatic rings. The van der Waals surface area contributed by atoms with Crippen LogP contribution < -0.4 is 20.1 Å². The first-order chi connectivity index (χ1) is 18.3. The van der Waals surface area contributed by atoms with E-state index in [1.54, 1.807) is 36.4 Å². The number of fused-ring (bicyclic) bond motifs is 1. The molecule has 0 fully saturated rings. The first-order valence-corrected chi connectivity index (χ1v) is 13.3. The van der Waals surface area contributed by atoms with E-state index in [4.69, 9.17) is 9.47 Å². The van der Waals surface area contributed by atoms with Crippen LogP contribution in [0.2, 0.25) is 0 Å². The number of ether oxygens (including phenoxy) is 2. The minimum absolute atomic E-state index is 0.0172. The number of thiophene rings is 1. The number of amides is 2. The normalized spacial score (nSPS) is 11.6. The molecule has 0 radical (unpaired) electrons. The van der Waals surface area contributed by atoms with Gasteiger partial charge in [-0.25, -0.2) is 0 Å². The number of benzene rings is 3. The molecule has 1 heterocycles. The summed E-state index contributed by atoms with van der Waals surface area (Å²) in [7, 11) is 0. The summed E-state index contributed by atoms with van der Waals surface area (Å²) in [5.41, 5.74) is 0.611. The molecule has 0 saturated heterocycles. The summed E-state index contributed by atoms with van der Waals surface area (Å²) in [6.07, 6.45) is 0. The number of hydrogen-bond acceptors (Lipinski definition) is 9. The largest absolute Gasteiger partial charge is 0.768 e. The Bertz CT molecular complexity index is 1380. The number of phenolic OH excluding ortho intramolecular Hbond substituents is 2. The lowest BCUT2D eigenvalue weighted by molar-refractivity contribution is 0.0936. The van der Waals surface area contributed by atoms with Gasteiger partial charge in [0.2, 0.25) is 0 Å². The van der Waals surface area contributed by atoms with Gasteiger partial charge in [0.25, 0.3) is 11.8 Å². The summed E-state index contributed by atoms with van der Waals surface area (Å²) in [5, 5.41) is 25.1. The molecule has 10 nitrogen and oxygen atoms in total. The Hall–Kier alpha value is -4.13. The Morgan fingerprint density at radius 2 is 1.34 bits per heavy atom. The third-order valence-corrected chi connectivity index (χ3v) is 7.23. The highest BCUT2D eigenvalue weighted by atomic mass is 32.2. The zero-order valence-corrected chi connectivity index (χ0v) is 21.5. The molecule has 4 N–H and O–H groups in total. The van der Waals surface area contributed by atoms with Gasteiger partial charge in [-0.1, -0.05) is 12.1 Å². The minimum atomic E-state index is -2.38. The minimum Gasteiger partial charge on any atom is -0.768 e. The monoisotopic (exact) mass is 555 g/mol. The maximum atomic E-state index is 12.3. The number of hydrogen-bond donors (Lipinski definition) is 4. The van der Waals surface area contributed by atoms with E-state index in [9.17, 15) is 28.6 Å². The zero-order chi connectivity index (χ0) is 27.1. The number of carbonyl (C=O) groups is 2. The second-order valence-corrected chi connectivity index (χ2v) is 10.2. The molecule has 0 saturated carbocycles. The highest BCUT2D eigenvalue weighted by Gasteiger charge is 2.13. The molecule has 0 aliphatic carbocycles. The van der Waals surface area contributed by atoms with E-state index in [-0.39, 0.29) is 53.8 Å². The molecular weight excluding hydrogens is 532 g/mol. The summed E-state index contributed by atoms with van der Waals surface area (Å²) in [6, 6.07) is 16.8. The van der Waals surface area contributed by atoms with E-state index in [1.165, 1.54) is 30.3 Å². The van der Waals surface area contributed by atoms with Gasteiger partial charge < -0.3 is 34.9 Å². The topological polar surface area (TPSA) is 157 Å². The Morgan fingerprint density at radius 1 is 0.816 bits per heavy atom. The van der Waals surface area contributed by atoms with Crippen molar-refractivity contribution in [2.75, 3.05) is 26.3 Å². The fraction of sp³-hybridized carbons (Fsp3) is 0.154. The van der Waals surface area contributed by atoms with Gasteiger partial charge in [0.15, 0.2) is 11.5 Å². The van der Waals surface area contributed by atoms with Gasteiger partial charge in [-0.2, -0.15) is 0 Å². The van der Waals surface area contributed by atoms with Gasteiger partial charge in [-0.15, -0.1) is 11.3 Å². The van der Waals surface area contributed by atoms with Crippen molar-refractivity contribution in [1.29, 1.82) is 0 Å². The first kappa shape index (κ1) is 26.9. The standard InChI is InChI=1S/C26H24N2O8S2/c29-19-5-1-3-16(11-19)25(31)27-7-9-35-21-13-18-14-24(38(33)34)37-23(18)15-22(21)36-10-8-28-26(32)17-4-2-6-20(30)12-17/h1-6,11-15,29-30H,7-10H2,(H,27,31)(H,28,32)(H,33,34)/p-1. The lowest BCUT2D eigenvalue weighted by Crippen LogP contribution is -2.28. The zero-order valence-electron chi connectivity index (χ0n) is 19.8. The van der Waals surface area contributed by atoms with Gasteiger partial charge >= 0.3 is 0 Å². The molecule has 1 atom stereocenters. The van der Waals surface area contributed by atoms with Crippen molar-refractivity contribution in [3.63, 3.8) is 0 Å². The quantitative estimate of drug-likeness (QED) is 0.162. The van der Waals surface area contributed by atoms with Gasteiger partial charge in [-0.3, -0.25) is 13.8 Å². The van der Waals surface area contributed by atoms with Crippen molar-refractivity contribution in [2.45, 2.75) is 4.21 Å². The summed E-state index contributed by atoms with van der Waals surface area (Å²) < 4.78 is 35.3. The lowest BCUT2D eigenvalue weighted by atomic mass is 10.2. The van der Waals surface area contributed by atoms with Crippen LogP contribution in [0.15, 0.2) is 70.9 Å². The predicted molar refractivity (Wildman–Crippen MR) is 141 cm³/mol.